The van der Waals surface area contributed by atoms with Crippen LogP contribution in [0.4, 0.5) is 0 Å². The van der Waals surface area contributed by atoms with E-state index in [1.165, 1.54) is 32.2 Å². The van der Waals surface area contributed by atoms with Gasteiger partial charge in [0.05, 0.1) is 0 Å². The SMILES string of the molecule is C[C@H](N)CCC1CCCN1C. The van der Waals surface area contributed by atoms with Gasteiger partial charge < -0.3 is 10.6 Å². The number of nitrogens with zero attached hydrogens (tertiary/aromatic N) is 1. The van der Waals surface area contributed by atoms with E-state index in [9.17, 15) is 0 Å². The molecule has 0 aromatic heterocycles. The summed E-state index contributed by atoms with van der Waals surface area (Å²) in [5.41, 5.74) is 5.70. The first-order chi connectivity index (χ1) is 5.20. The Morgan fingerprint density at radius 2 is 2.36 bits per heavy atom. The molecule has 0 aliphatic carbocycles. The van der Waals surface area contributed by atoms with E-state index in [0.29, 0.717) is 6.04 Å². The lowest BCUT2D eigenvalue weighted by atomic mass is 10.1. The van der Waals surface area contributed by atoms with Crippen LogP contribution in [0, 0.1) is 0 Å². The molecule has 0 spiro atoms. The van der Waals surface area contributed by atoms with E-state index >= 15 is 0 Å². The van der Waals surface area contributed by atoms with Crippen molar-refractivity contribution in [2.45, 2.75) is 44.7 Å². The first-order valence-corrected chi connectivity index (χ1v) is 4.66. The number of rotatable bonds is 3. The molecule has 2 atom stereocenters. The molecule has 2 nitrogen and oxygen atoms in total. The van der Waals surface area contributed by atoms with Crippen LogP contribution in [0.3, 0.4) is 0 Å². The second-order valence-electron chi connectivity index (χ2n) is 3.83. The quantitative estimate of drug-likeness (QED) is 0.665. The van der Waals surface area contributed by atoms with Gasteiger partial charge in [0.25, 0.3) is 0 Å². The maximum absolute atomic E-state index is 5.70. The summed E-state index contributed by atoms with van der Waals surface area (Å²) in [6, 6.07) is 1.20. The average molecular weight is 156 g/mol. The molecule has 2 N–H and O–H groups in total. The van der Waals surface area contributed by atoms with Crippen molar-refractivity contribution >= 4 is 0 Å². The summed E-state index contributed by atoms with van der Waals surface area (Å²) in [5.74, 6) is 0. The standard InChI is InChI=1S/C9H20N2/c1-8(10)5-6-9-4-3-7-11(9)2/h8-9H,3-7,10H2,1-2H3/t8-,9?/m0/s1. The zero-order valence-electron chi connectivity index (χ0n) is 7.71. The molecule has 0 radical (unpaired) electrons. The van der Waals surface area contributed by atoms with Crippen LogP contribution < -0.4 is 5.73 Å². The lowest BCUT2D eigenvalue weighted by Crippen LogP contribution is -2.27. The number of hydrogen-bond acceptors (Lipinski definition) is 2. The summed E-state index contributed by atoms with van der Waals surface area (Å²) in [6.07, 6.45) is 5.21. The highest BCUT2D eigenvalue weighted by atomic mass is 15.1. The van der Waals surface area contributed by atoms with E-state index in [2.05, 4.69) is 18.9 Å². The third-order valence-corrected chi connectivity index (χ3v) is 2.63. The molecular weight excluding hydrogens is 136 g/mol. The Kier molecular flexibility index (Phi) is 3.34. The molecule has 0 aromatic carbocycles. The molecule has 0 bridgehead atoms. The van der Waals surface area contributed by atoms with E-state index in [-0.39, 0.29) is 0 Å². The molecule has 0 aromatic rings. The minimum Gasteiger partial charge on any atom is -0.328 e. The van der Waals surface area contributed by atoms with E-state index in [1.54, 1.807) is 0 Å². The summed E-state index contributed by atoms with van der Waals surface area (Å²) in [5, 5.41) is 0. The van der Waals surface area contributed by atoms with E-state index in [0.717, 1.165) is 6.04 Å². The van der Waals surface area contributed by atoms with Gasteiger partial charge in [-0.1, -0.05) is 0 Å². The zero-order chi connectivity index (χ0) is 8.27. The maximum atomic E-state index is 5.70. The summed E-state index contributed by atoms with van der Waals surface area (Å²) >= 11 is 0. The molecule has 0 saturated carbocycles. The van der Waals surface area contributed by atoms with Gasteiger partial charge in [0.2, 0.25) is 0 Å². The van der Waals surface area contributed by atoms with E-state index < -0.39 is 0 Å². The molecule has 1 unspecified atom stereocenters. The van der Waals surface area contributed by atoms with E-state index in [1.807, 2.05) is 0 Å². The third-order valence-electron chi connectivity index (χ3n) is 2.63. The van der Waals surface area contributed by atoms with Crippen molar-refractivity contribution in [1.29, 1.82) is 0 Å². The highest BCUT2D eigenvalue weighted by Gasteiger charge is 2.20. The minimum atomic E-state index is 0.379. The average Bonchev–Trinajstić information content (AvgIpc) is 2.31. The van der Waals surface area contributed by atoms with Gasteiger partial charge in [-0.2, -0.15) is 0 Å². The Morgan fingerprint density at radius 3 is 2.82 bits per heavy atom. The van der Waals surface area contributed by atoms with Crippen molar-refractivity contribution in [3.8, 4) is 0 Å². The Bertz CT molecular complexity index is 112. The molecule has 1 heterocycles. The highest BCUT2D eigenvalue weighted by molar-refractivity contribution is 4.76. The second kappa shape index (κ2) is 4.07. The first-order valence-electron chi connectivity index (χ1n) is 4.66. The van der Waals surface area contributed by atoms with Crippen LogP contribution >= 0.6 is 0 Å². The highest BCUT2D eigenvalue weighted by Crippen LogP contribution is 2.19. The number of likely N-dealkylation sites (tertiary alicyclic amines) is 1. The van der Waals surface area contributed by atoms with Crippen LogP contribution in [0.2, 0.25) is 0 Å². The molecule has 11 heavy (non-hydrogen) atoms. The lowest BCUT2D eigenvalue weighted by molar-refractivity contribution is 0.287. The molecule has 2 heteroatoms. The van der Waals surface area contributed by atoms with Crippen LogP contribution in [0.1, 0.15) is 32.6 Å². The van der Waals surface area contributed by atoms with Gasteiger partial charge in [-0.25, -0.2) is 0 Å². The monoisotopic (exact) mass is 156 g/mol. The molecular formula is C9H20N2. The van der Waals surface area contributed by atoms with Crippen molar-refractivity contribution in [2.75, 3.05) is 13.6 Å². The predicted molar refractivity (Wildman–Crippen MR) is 48.5 cm³/mol. The van der Waals surface area contributed by atoms with Gasteiger partial charge in [0.15, 0.2) is 0 Å². The lowest BCUT2D eigenvalue weighted by Gasteiger charge is -2.19. The molecule has 1 aliphatic heterocycles. The fourth-order valence-corrected chi connectivity index (χ4v) is 1.80. The van der Waals surface area contributed by atoms with Gasteiger partial charge in [0, 0.05) is 12.1 Å². The second-order valence-corrected chi connectivity index (χ2v) is 3.83. The Labute approximate surface area is 69.8 Å². The molecule has 66 valence electrons. The summed E-state index contributed by atoms with van der Waals surface area (Å²) in [7, 11) is 2.22. The van der Waals surface area contributed by atoms with Gasteiger partial charge in [-0.3, -0.25) is 0 Å². The molecule has 1 fully saturated rings. The van der Waals surface area contributed by atoms with Gasteiger partial charge >= 0.3 is 0 Å². The summed E-state index contributed by atoms with van der Waals surface area (Å²) in [4.78, 5) is 2.46. The van der Waals surface area contributed by atoms with Crippen LogP contribution in [-0.2, 0) is 0 Å². The largest absolute Gasteiger partial charge is 0.328 e. The first kappa shape index (κ1) is 9.01. The van der Waals surface area contributed by atoms with Crippen LogP contribution in [-0.4, -0.2) is 30.6 Å². The predicted octanol–water partition coefficient (Wildman–Crippen LogP) is 1.21. The smallest absolute Gasteiger partial charge is 0.00932 e. The minimum absolute atomic E-state index is 0.379. The van der Waals surface area contributed by atoms with Crippen molar-refractivity contribution < 1.29 is 0 Å². The van der Waals surface area contributed by atoms with Crippen LogP contribution in [0.5, 0.6) is 0 Å². The van der Waals surface area contributed by atoms with Gasteiger partial charge in [-0.15, -0.1) is 0 Å². The van der Waals surface area contributed by atoms with Crippen LogP contribution in [0.15, 0.2) is 0 Å². The molecule has 1 aliphatic rings. The molecule has 1 saturated heterocycles. The zero-order valence-corrected chi connectivity index (χ0v) is 7.71. The van der Waals surface area contributed by atoms with E-state index in [4.69, 9.17) is 5.73 Å². The number of nitrogens with two attached hydrogens (primary N) is 1. The Morgan fingerprint density at radius 1 is 1.64 bits per heavy atom. The Hall–Kier alpha value is -0.0800. The third kappa shape index (κ3) is 2.80. The van der Waals surface area contributed by atoms with Gasteiger partial charge in [0.1, 0.15) is 0 Å². The van der Waals surface area contributed by atoms with Gasteiger partial charge in [-0.05, 0) is 46.2 Å². The number of hydrogen-bond donors (Lipinski definition) is 1. The maximum Gasteiger partial charge on any atom is 0.00932 e. The fourth-order valence-electron chi connectivity index (χ4n) is 1.80. The summed E-state index contributed by atoms with van der Waals surface area (Å²) in [6.45, 7) is 3.37. The normalized spacial score (nSPS) is 29.2. The van der Waals surface area contributed by atoms with Crippen LogP contribution in [0.25, 0.3) is 0 Å². The molecule has 0 amide bonds. The van der Waals surface area contributed by atoms with Crippen molar-refractivity contribution in [3.63, 3.8) is 0 Å². The van der Waals surface area contributed by atoms with Crippen molar-refractivity contribution in [3.05, 3.63) is 0 Å². The molecule has 1 rings (SSSR count). The van der Waals surface area contributed by atoms with Crippen molar-refractivity contribution in [1.82, 2.24) is 4.90 Å². The summed E-state index contributed by atoms with van der Waals surface area (Å²) < 4.78 is 0. The van der Waals surface area contributed by atoms with Crippen molar-refractivity contribution in [2.24, 2.45) is 5.73 Å². The Balaban J connectivity index is 2.15. The fraction of sp³-hybridized carbons (Fsp3) is 1.00. The topological polar surface area (TPSA) is 29.3 Å².